The maximum absolute atomic E-state index is 12.4. The molecule has 0 bridgehead atoms. The van der Waals surface area contributed by atoms with Crippen LogP contribution >= 0.6 is 0 Å². The molecule has 1 aromatic rings. The maximum Gasteiger partial charge on any atom is 0.312 e. The van der Waals surface area contributed by atoms with Gasteiger partial charge in [0.2, 0.25) is 6.54 Å². The zero-order valence-corrected chi connectivity index (χ0v) is 13.3. The zero-order chi connectivity index (χ0) is 16.3. The minimum Gasteiger partial charge on any atom is -0.460 e. The van der Waals surface area contributed by atoms with Crippen LogP contribution in [0.3, 0.4) is 0 Å². The van der Waals surface area contributed by atoms with Crippen molar-refractivity contribution in [1.82, 2.24) is 0 Å². The van der Waals surface area contributed by atoms with Crippen LogP contribution in [0.4, 0.5) is 0 Å². The van der Waals surface area contributed by atoms with E-state index < -0.39 is 22.9 Å². The van der Waals surface area contributed by atoms with Crippen LogP contribution in [0.15, 0.2) is 30.3 Å². The Hall–Kier alpha value is -1.91. The summed E-state index contributed by atoms with van der Waals surface area (Å²) in [5, 5.41) is 11.0. The van der Waals surface area contributed by atoms with Crippen molar-refractivity contribution in [3.63, 3.8) is 0 Å². The molecule has 1 unspecified atom stereocenters. The van der Waals surface area contributed by atoms with E-state index in [0.717, 1.165) is 5.56 Å². The highest BCUT2D eigenvalue weighted by Gasteiger charge is 2.43. The van der Waals surface area contributed by atoms with Gasteiger partial charge >= 0.3 is 5.97 Å². The minimum atomic E-state index is -0.984. The predicted octanol–water partition coefficient (Wildman–Crippen LogP) is 3.41. The summed E-state index contributed by atoms with van der Waals surface area (Å²) >= 11 is 0. The van der Waals surface area contributed by atoms with E-state index in [-0.39, 0.29) is 11.5 Å². The Bertz CT molecular complexity index is 503. The number of nitro groups is 1. The maximum atomic E-state index is 12.4. The molecule has 1 rings (SSSR count). The molecule has 0 N–H and O–H groups in total. The number of carbonyl (C=O) groups excluding carboxylic acids is 1. The molecule has 21 heavy (non-hydrogen) atoms. The first-order chi connectivity index (χ1) is 9.54. The number of esters is 1. The summed E-state index contributed by atoms with van der Waals surface area (Å²) in [5.74, 6) is -0.964. The molecule has 0 aliphatic heterocycles. The summed E-state index contributed by atoms with van der Waals surface area (Å²) in [6.07, 6.45) is 0. The lowest BCUT2D eigenvalue weighted by atomic mass is 9.74. The summed E-state index contributed by atoms with van der Waals surface area (Å²) in [7, 11) is 0. The van der Waals surface area contributed by atoms with Gasteiger partial charge in [0, 0.05) is 4.92 Å². The zero-order valence-electron chi connectivity index (χ0n) is 13.3. The van der Waals surface area contributed by atoms with Gasteiger partial charge in [-0.25, -0.2) is 0 Å². The molecule has 0 radical (unpaired) electrons. The standard InChI is InChI=1S/C16H23NO4/c1-15(2,3)21-14(18)16(4,5)13(11-17(19)20)12-9-7-6-8-10-12/h6-10,13H,11H2,1-5H3. The number of benzene rings is 1. The van der Waals surface area contributed by atoms with Crippen LogP contribution in [0.5, 0.6) is 0 Å². The van der Waals surface area contributed by atoms with Crippen LogP contribution in [0.2, 0.25) is 0 Å². The first kappa shape index (κ1) is 17.1. The van der Waals surface area contributed by atoms with Crippen molar-refractivity contribution in [2.75, 3.05) is 6.54 Å². The van der Waals surface area contributed by atoms with Crippen molar-refractivity contribution < 1.29 is 14.5 Å². The first-order valence-corrected chi connectivity index (χ1v) is 6.94. The van der Waals surface area contributed by atoms with E-state index in [9.17, 15) is 14.9 Å². The van der Waals surface area contributed by atoms with Crippen molar-refractivity contribution in [3.05, 3.63) is 46.0 Å². The lowest BCUT2D eigenvalue weighted by molar-refractivity contribution is -0.485. The Morgan fingerprint density at radius 3 is 2.14 bits per heavy atom. The number of carbonyl (C=O) groups is 1. The van der Waals surface area contributed by atoms with Crippen molar-refractivity contribution in [2.24, 2.45) is 5.41 Å². The minimum absolute atomic E-state index is 0.309. The highest BCUT2D eigenvalue weighted by atomic mass is 16.6. The van der Waals surface area contributed by atoms with Gasteiger partial charge in [-0.1, -0.05) is 30.3 Å². The van der Waals surface area contributed by atoms with Gasteiger partial charge in [0.1, 0.15) is 5.60 Å². The first-order valence-electron chi connectivity index (χ1n) is 6.94. The number of hydrogen-bond acceptors (Lipinski definition) is 4. The molecule has 0 aliphatic rings. The molecule has 5 heteroatoms. The van der Waals surface area contributed by atoms with Crippen LogP contribution < -0.4 is 0 Å². The Balaban J connectivity index is 3.12. The fourth-order valence-corrected chi connectivity index (χ4v) is 2.14. The summed E-state index contributed by atoms with van der Waals surface area (Å²) in [6, 6.07) is 9.08. The van der Waals surface area contributed by atoms with E-state index in [1.54, 1.807) is 46.8 Å². The molecule has 116 valence electrons. The van der Waals surface area contributed by atoms with Gasteiger partial charge in [-0.2, -0.15) is 0 Å². The third-order valence-corrected chi connectivity index (χ3v) is 3.33. The van der Waals surface area contributed by atoms with Crippen LogP contribution in [0.25, 0.3) is 0 Å². The van der Waals surface area contributed by atoms with Crippen molar-refractivity contribution >= 4 is 5.97 Å². The lowest BCUT2D eigenvalue weighted by Gasteiger charge is -2.33. The van der Waals surface area contributed by atoms with Crippen LogP contribution in [0, 0.1) is 15.5 Å². The predicted molar refractivity (Wildman–Crippen MR) is 80.7 cm³/mol. The number of ether oxygens (including phenoxy) is 1. The third-order valence-electron chi connectivity index (χ3n) is 3.33. The lowest BCUT2D eigenvalue weighted by Crippen LogP contribution is -2.40. The van der Waals surface area contributed by atoms with Crippen LogP contribution in [0.1, 0.15) is 46.1 Å². The average molecular weight is 293 g/mol. The van der Waals surface area contributed by atoms with Crippen molar-refractivity contribution in [2.45, 2.75) is 46.1 Å². The second-order valence-corrected chi connectivity index (χ2v) is 6.70. The highest BCUT2D eigenvalue weighted by molar-refractivity contribution is 5.77. The molecule has 0 heterocycles. The summed E-state index contributed by atoms with van der Waals surface area (Å²) in [4.78, 5) is 23.0. The highest BCUT2D eigenvalue weighted by Crippen LogP contribution is 2.37. The molecule has 1 aromatic carbocycles. The molecule has 0 aromatic heterocycles. The number of rotatable bonds is 5. The van der Waals surface area contributed by atoms with E-state index in [1.165, 1.54) is 0 Å². The smallest absolute Gasteiger partial charge is 0.312 e. The number of nitrogens with zero attached hydrogens (tertiary/aromatic N) is 1. The van der Waals surface area contributed by atoms with E-state index in [4.69, 9.17) is 4.74 Å². The van der Waals surface area contributed by atoms with Gasteiger partial charge in [-0.3, -0.25) is 14.9 Å². The molecule has 1 atom stereocenters. The average Bonchev–Trinajstić information content (AvgIpc) is 2.34. The largest absolute Gasteiger partial charge is 0.460 e. The number of hydrogen-bond donors (Lipinski definition) is 0. The van der Waals surface area contributed by atoms with Crippen molar-refractivity contribution in [1.29, 1.82) is 0 Å². The molecule has 0 saturated heterocycles. The van der Waals surface area contributed by atoms with Crippen LogP contribution in [-0.2, 0) is 9.53 Å². The third kappa shape index (κ3) is 4.85. The summed E-state index contributed by atoms with van der Waals surface area (Å²) in [6.45, 7) is 8.44. The fraction of sp³-hybridized carbons (Fsp3) is 0.562. The molecule has 0 spiro atoms. The second-order valence-electron chi connectivity index (χ2n) is 6.70. The van der Waals surface area contributed by atoms with Gasteiger partial charge in [-0.15, -0.1) is 0 Å². The molecule has 0 fully saturated rings. The van der Waals surface area contributed by atoms with Gasteiger partial charge in [0.25, 0.3) is 0 Å². The second kappa shape index (κ2) is 6.24. The van der Waals surface area contributed by atoms with E-state index in [1.807, 2.05) is 18.2 Å². The van der Waals surface area contributed by atoms with Gasteiger partial charge < -0.3 is 4.74 Å². The van der Waals surface area contributed by atoms with Crippen molar-refractivity contribution in [3.8, 4) is 0 Å². The SMILES string of the molecule is CC(C)(C)OC(=O)C(C)(C)C(C[N+](=O)[O-])c1ccccc1. The van der Waals surface area contributed by atoms with E-state index in [0.29, 0.717) is 0 Å². The monoisotopic (exact) mass is 293 g/mol. The Kier molecular flexibility index (Phi) is 5.10. The Labute approximate surface area is 125 Å². The topological polar surface area (TPSA) is 69.4 Å². The van der Waals surface area contributed by atoms with E-state index >= 15 is 0 Å². The molecule has 0 amide bonds. The van der Waals surface area contributed by atoms with Gasteiger partial charge in [0.05, 0.1) is 11.3 Å². The van der Waals surface area contributed by atoms with Gasteiger partial charge in [-0.05, 0) is 40.2 Å². The van der Waals surface area contributed by atoms with Crippen LogP contribution in [-0.4, -0.2) is 23.0 Å². The molecular weight excluding hydrogens is 270 g/mol. The molecule has 0 aliphatic carbocycles. The normalized spacial score (nSPS) is 13.6. The molecular formula is C16H23NO4. The Morgan fingerprint density at radius 2 is 1.71 bits per heavy atom. The summed E-state index contributed by atoms with van der Waals surface area (Å²) < 4.78 is 5.42. The fourth-order valence-electron chi connectivity index (χ4n) is 2.14. The summed E-state index contributed by atoms with van der Waals surface area (Å²) in [5.41, 5.74) is -0.837. The van der Waals surface area contributed by atoms with E-state index in [2.05, 4.69) is 0 Å². The molecule has 5 nitrogen and oxygen atoms in total. The van der Waals surface area contributed by atoms with Gasteiger partial charge in [0.15, 0.2) is 0 Å². The molecule has 0 saturated carbocycles. The Morgan fingerprint density at radius 1 is 1.19 bits per heavy atom. The quantitative estimate of drug-likeness (QED) is 0.474.